The van der Waals surface area contributed by atoms with E-state index in [0.717, 1.165) is 72.6 Å². The molecular weight excluding hydrogens is 579 g/mol. The van der Waals surface area contributed by atoms with Gasteiger partial charge in [0.25, 0.3) is 5.91 Å². The number of fused-ring (bicyclic) bond motifs is 1. The Labute approximate surface area is 273 Å². The van der Waals surface area contributed by atoms with Crippen LogP contribution in [-0.2, 0) is 24.3 Å². The number of rotatable bonds is 11. The fourth-order valence-corrected chi connectivity index (χ4v) is 9.23. The highest BCUT2D eigenvalue weighted by Crippen LogP contribution is 2.44. The van der Waals surface area contributed by atoms with Crippen LogP contribution in [0.2, 0.25) is 0 Å². The molecule has 0 bridgehead atoms. The smallest absolute Gasteiger partial charge is 0.255 e. The zero-order chi connectivity index (χ0) is 31.1. The second kappa shape index (κ2) is 13.2. The molecule has 1 amide bonds. The number of hydrogen-bond acceptors (Lipinski definition) is 6. The van der Waals surface area contributed by atoms with Gasteiger partial charge in [-0.2, -0.15) is 0 Å². The lowest BCUT2D eigenvalue weighted by Crippen LogP contribution is -2.57. The van der Waals surface area contributed by atoms with Gasteiger partial charge in [0.2, 0.25) is 5.88 Å². The monoisotopic (exact) mass is 627 g/mol. The fraction of sp³-hybridized carbons (Fsp3) is 0.579. The van der Waals surface area contributed by atoms with Crippen molar-refractivity contribution in [1.82, 2.24) is 14.8 Å². The van der Waals surface area contributed by atoms with Gasteiger partial charge in [-0.15, -0.1) is 11.3 Å². The molecule has 0 N–H and O–H groups in total. The fourth-order valence-electron chi connectivity index (χ4n) is 7.80. The number of carbonyl (C=O) groups is 1. The van der Waals surface area contributed by atoms with E-state index in [1.54, 1.807) is 0 Å². The van der Waals surface area contributed by atoms with Crippen molar-refractivity contribution in [2.45, 2.75) is 104 Å². The Balaban J connectivity index is 0.982. The molecule has 1 aromatic carbocycles. The molecule has 240 valence electrons. The molecule has 45 heavy (non-hydrogen) atoms. The van der Waals surface area contributed by atoms with Crippen LogP contribution in [-0.4, -0.2) is 59.1 Å². The second-order valence-electron chi connectivity index (χ2n) is 14.2. The number of ether oxygens (including phenoxy) is 2. The van der Waals surface area contributed by atoms with Crippen molar-refractivity contribution in [2.75, 3.05) is 26.2 Å². The van der Waals surface area contributed by atoms with Gasteiger partial charge in [0.1, 0.15) is 6.61 Å². The van der Waals surface area contributed by atoms with Crippen molar-refractivity contribution >= 4 is 17.2 Å². The van der Waals surface area contributed by atoms with Gasteiger partial charge in [-0.3, -0.25) is 9.69 Å². The van der Waals surface area contributed by atoms with Gasteiger partial charge < -0.3 is 14.4 Å². The quantitative estimate of drug-likeness (QED) is 0.219. The van der Waals surface area contributed by atoms with E-state index >= 15 is 0 Å². The molecule has 1 unspecified atom stereocenters. The molecule has 7 heteroatoms. The summed E-state index contributed by atoms with van der Waals surface area (Å²) in [6, 6.07) is 13.0. The molecule has 2 saturated carbocycles. The number of pyridine rings is 1. The molecule has 2 aliphatic carbocycles. The summed E-state index contributed by atoms with van der Waals surface area (Å²) in [5, 5.41) is 0. The average molecular weight is 628 g/mol. The summed E-state index contributed by atoms with van der Waals surface area (Å²) in [6.07, 6.45) is 9.28. The maximum absolute atomic E-state index is 14.0. The number of benzene rings is 1. The minimum absolute atomic E-state index is 0.164. The van der Waals surface area contributed by atoms with Gasteiger partial charge in [-0.25, -0.2) is 4.98 Å². The zero-order valence-corrected chi connectivity index (χ0v) is 28.3. The van der Waals surface area contributed by atoms with Crippen LogP contribution >= 0.6 is 11.3 Å². The predicted octanol–water partition coefficient (Wildman–Crippen LogP) is 7.62. The highest BCUT2D eigenvalue weighted by atomic mass is 32.1. The molecule has 3 fully saturated rings. The second-order valence-corrected chi connectivity index (χ2v) is 15.4. The van der Waals surface area contributed by atoms with Crippen LogP contribution in [0.25, 0.3) is 0 Å². The van der Waals surface area contributed by atoms with Gasteiger partial charge in [0, 0.05) is 59.7 Å². The van der Waals surface area contributed by atoms with E-state index in [4.69, 9.17) is 14.5 Å². The van der Waals surface area contributed by atoms with Gasteiger partial charge in [-0.1, -0.05) is 37.3 Å². The number of aromatic nitrogens is 1. The lowest BCUT2D eigenvalue weighted by Gasteiger charge is -2.46. The number of amides is 1. The molecule has 1 saturated heterocycles. The largest absolute Gasteiger partial charge is 0.473 e. The van der Waals surface area contributed by atoms with Gasteiger partial charge >= 0.3 is 0 Å². The maximum atomic E-state index is 14.0. The Hall–Kier alpha value is -2.74. The predicted molar refractivity (Wildman–Crippen MR) is 180 cm³/mol. The van der Waals surface area contributed by atoms with Crippen molar-refractivity contribution in [3.8, 4) is 5.88 Å². The number of nitrogens with zero attached hydrogens (tertiary/aromatic N) is 3. The van der Waals surface area contributed by atoms with Crippen LogP contribution < -0.4 is 4.74 Å². The Morgan fingerprint density at radius 3 is 2.51 bits per heavy atom. The Bertz CT molecular complexity index is 1500. The molecule has 4 heterocycles. The van der Waals surface area contributed by atoms with Gasteiger partial charge in [0.15, 0.2) is 0 Å². The van der Waals surface area contributed by atoms with E-state index in [0.29, 0.717) is 37.0 Å². The molecule has 7 rings (SSSR count). The number of likely N-dealkylation sites (tertiary alicyclic amines) is 1. The van der Waals surface area contributed by atoms with Crippen molar-refractivity contribution < 1.29 is 14.3 Å². The lowest BCUT2D eigenvalue weighted by molar-refractivity contribution is -0.0820. The van der Waals surface area contributed by atoms with E-state index in [9.17, 15) is 4.79 Å². The molecule has 0 radical (unpaired) electrons. The van der Waals surface area contributed by atoms with Crippen LogP contribution in [0, 0.1) is 32.6 Å². The van der Waals surface area contributed by atoms with E-state index in [-0.39, 0.29) is 5.91 Å². The zero-order valence-electron chi connectivity index (χ0n) is 27.5. The number of carbonyl (C=O) groups excluding carboxylic acids is 1. The average Bonchev–Trinajstić information content (AvgIpc) is 3.79. The standard InChI is InChI=1S/C38H49N3O3S/c1-24-18-25(2)39-37(44-23-28-8-6-5-7-9-28)33(24)21-40-17-16-34-35(38(40)42)27(4)36(45-34)26(3)30-12-14-31(15-13-30)41-19-32(20-41)43-22-29-10-11-29/h5-9,18,26,29-32H,10-17,19-23H2,1-4H3. The van der Waals surface area contributed by atoms with Crippen molar-refractivity contribution in [3.63, 3.8) is 0 Å². The first-order valence-corrected chi connectivity index (χ1v) is 18.1. The van der Waals surface area contributed by atoms with Crippen LogP contribution in [0.4, 0.5) is 0 Å². The molecule has 2 aliphatic heterocycles. The Morgan fingerprint density at radius 1 is 1.02 bits per heavy atom. The molecule has 1 atom stereocenters. The minimum Gasteiger partial charge on any atom is -0.473 e. The first kappa shape index (κ1) is 30.9. The van der Waals surface area contributed by atoms with Crippen LogP contribution in [0.3, 0.4) is 0 Å². The highest BCUT2D eigenvalue weighted by Gasteiger charge is 2.38. The molecular formula is C38H49N3O3S. The SMILES string of the molecule is Cc1cc(C)c(CN2CCc3sc(C(C)C4CCC(N5CC(OCC6CC6)C5)CC4)c(C)c3C2=O)c(OCc2ccccc2)n1. The Morgan fingerprint density at radius 2 is 1.78 bits per heavy atom. The number of aryl methyl sites for hydroxylation is 2. The lowest BCUT2D eigenvalue weighted by atomic mass is 9.76. The van der Waals surface area contributed by atoms with E-state index in [1.165, 1.54) is 53.8 Å². The summed E-state index contributed by atoms with van der Waals surface area (Å²) in [6.45, 7) is 13.7. The molecule has 4 aliphatic rings. The summed E-state index contributed by atoms with van der Waals surface area (Å²) in [4.78, 5) is 26.2. The summed E-state index contributed by atoms with van der Waals surface area (Å²) in [5.74, 6) is 2.85. The molecule has 3 aromatic rings. The van der Waals surface area contributed by atoms with E-state index in [2.05, 4.69) is 43.9 Å². The van der Waals surface area contributed by atoms with Crippen LogP contribution in [0.15, 0.2) is 36.4 Å². The van der Waals surface area contributed by atoms with Crippen LogP contribution in [0.5, 0.6) is 5.88 Å². The molecule has 2 aromatic heterocycles. The topological polar surface area (TPSA) is 54.9 Å². The number of hydrogen-bond donors (Lipinski definition) is 0. The highest BCUT2D eigenvalue weighted by molar-refractivity contribution is 7.12. The summed E-state index contributed by atoms with van der Waals surface area (Å²) >= 11 is 1.91. The van der Waals surface area contributed by atoms with Crippen molar-refractivity contribution in [3.05, 3.63) is 79.7 Å². The summed E-state index contributed by atoms with van der Waals surface area (Å²) in [5.41, 5.74) is 6.35. The summed E-state index contributed by atoms with van der Waals surface area (Å²) in [7, 11) is 0. The molecule has 6 nitrogen and oxygen atoms in total. The third kappa shape index (κ3) is 6.72. The van der Waals surface area contributed by atoms with Gasteiger partial charge in [0.05, 0.1) is 18.2 Å². The van der Waals surface area contributed by atoms with Crippen molar-refractivity contribution in [2.24, 2.45) is 11.8 Å². The van der Waals surface area contributed by atoms with E-state index in [1.807, 2.05) is 41.4 Å². The third-order valence-electron chi connectivity index (χ3n) is 10.9. The normalized spacial score (nSPS) is 23.1. The van der Waals surface area contributed by atoms with Gasteiger partial charge in [-0.05, 0) is 99.8 Å². The third-order valence-corrected chi connectivity index (χ3v) is 12.4. The van der Waals surface area contributed by atoms with E-state index < -0.39 is 0 Å². The maximum Gasteiger partial charge on any atom is 0.255 e. The molecule has 0 spiro atoms. The summed E-state index contributed by atoms with van der Waals surface area (Å²) < 4.78 is 12.4. The minimum atomic E-state index is 0.164. The van der Waals surface area contributed by atoms with Crippen molar-refractivity contribution in [1.29, 1.82) is 0 Å². The van der Waals surface area contributed by atoms with Crippen LogP contribution in [0.1, 0.15) is 99.4 Å². The number of thiophene rings is 1. The first-order chi connectivity index (χ1) is 21.8. The first-order valence-electron chi connectivity index (χ1n) is 17.2. The Kier molecular flexibility index (Phi) is 9.04.